The van der Waals surface area contributed by atoms with Crippen molar-refractivity contribution in [1.29, 1.82) is 0 Å². The summed E-state index contributed by atoms with van der Waals surface area (Å²) in [6.45, 7) is 0. The summed E-state index contributed by atoms with van der Waals surface area (Å²) in [7, 11) is 0.891. The number of alkyl halides is 3. The number of halogens is 4. The number of nitro benzene ring substituents is 1. The normalized spacial score (nSPS) is 12.4. The minimum absolute atomic E-state index is 0.0315. The van der Waals surface area contributed by atoms with Crippen molar-refractivity contribution in [3.05, 3.63) is 39.7 Å². The molecule has 0 bridgehead atoms. The molecule has 0 heterocycles. The number of nitro groups is 1. The average Bonchev–Trinajstić information content (AvgIpc) is 2.46. The Hall–Kier alpha value is -2.72. The molecule has 1 rings (SSSR count). The van der Waals surface area contributed by atoms with Crippen LogP contribution in [0.4, 0.5) is 23.2 Å². The number of methoxy groups -OCH3 is 1. The maximum Gasteiger partial charge on any atom is 0.471 e. The van der Waals surface area contributed by atoms with Crippen LogP contribution in [0.1, 0.15) is 5.56 Å². The number of rotatable bonds is 5. The minimum atomic E-state index is -5.22. The van der Waals surface area contributed by atoms with Gasteiger partial charge < -0.3 is 10.1 Å². The van der Waals surface area contributed by atoms with Gasteiger partial charge in [-0.3, -0.25) is 14.9 Å². The maximum atomic E-state index is 13.2. The first-order chi connectivity index (χ1) is 10.6. The lowest BCUT2D eigenvalue weighted by Crippen LogP contribution is -2.48. The van der Waals surface area contributed by atoms with E-state index in [1.807, 2.05) is 0 Å². The highest BCUT2D eigenvalue weighted by Gasteiger charge is 2.41. The first kappa shape index (κ1) is 18.3. The summed E-state index contributed by atoms with van der Waals surface area (Å²) in [6.07, 6.45) is -5.77. The summed E-state index contributed by atoms with van der Waals surface area (Å²) in [5.74, 6) is -4.70. The summed E-state index contributed by atoms with van der Waals surface area (Å²) < 4.78 is 54.2. The largest absolute Gasteiger partial charge is 0.471 e. The minimum Gasteiger partial charge on any atom is -0.467 e. The number of carbonyl (C=O) groups is 2. The number of benzene rings is 1. The van der Waals surface area contributed by atoms with E-state index in [4.69, 9.17) is 0 Å². The molecule has 0 saturated carbocycles. The van der Waals surface area contributed by atoms with Gasteiger partial charge in [0.2, 0.25) is 5.82 Å². The summed E-state index contributed by atoms with van der Waals surface area (Å²) in [4.78, 5) is 31.9. The molecule has 11 heteroatoms. The third-order valence-corrected chi connectivity index (χ3v) is 2.70. The zero-order chi connectivity index (χ0) is 17.8. The molecule has 23 heavy (non-hydrogen) atoms. The fourth-order valence-corrected chi connectivity index (χ4v) is 1.64. The van der Waals surface area contributed by atoms with E-state index in [1.165, 1.54) is 5.32 Å². The van der Waals surface area contributed by atoms with Gasteiger partial charge in [-0.05, 0) is 11.6 Å². The molecule has 0 fully saturated rings. The van der Waals surface area contributed by atoms with Crippen molar-refractivity contribution >= 4 is 17.6 Å². The SMILES string of the molecule is COC(=O)C(Cc1ccc(F)c([N+](=O)[O-])c1)NC(=O)C(F)(F)F. The fourth-order valence-electron chi connectivity index (χ4n) is 1.64. The number of carbonyl (C=O) groups excluding carboxylic acids is 2. The first-order valence-electron chi connectivity index (χ1n) is 5.94. The van der Waals surface area contributed by atoms with Crippen LogP contribution >= 0.6 is 0 Å². The molecule has 0 aliphatic heterocycles. The molecule has 1 N–H and O–H groups in total. The zero-order valence-electron chi connectivity index (χ0n) is 11.5. The van der Waals surface area contributed by atoms with Crippen molar-refractivity contribution in [3.8, 4) is 0 Å². The predicted molar refractivity (Wildman–Crippen MR) is 66.8 cm³/mol. The van der Waals surface area contributed by atoms with Crippen LogP contribution in [0, 0.1) is 15.9 Å². The molecule has 1 aromatic rings. The van der Waals surface area contributed by atoms with E-state index < -0.39 is 46.9 Å². The average molecular weight is 338 g/mol. The lowest BCUT2D eigenvalue weighted by atomic mass is 10.0. The van der Waals surface area contributed by atoms with Gasteiger partial charge in [-0.15, -0.1) is 0 Å². The third-order valence-electron chi connectivity index (χ3n) is 2.70. The number of nitrogens with zero attached hydrogens (tertiary/aromatic N) is 1. The molecule has 126 valence electrons. The van der Waals surface area contributed by atoms with E-state index in [-0.39, 0.29) is 5.56 Å². The number of ether oxygens (including phenoxy) is 1. The smallest absolute Gasteiger partial charge is 0.467 e. The van der Waals surface area contributed by atoms with E-state index in [0.29, 0.717) is 0 Å². The van der Waals surface area contributed by atoms with E-state index in [0.717, 1.165) is 25.3 Å². The summed E-state index contributed by atoms with van der Waals surface area (Å²) >= 11 is 0. The van der Waals surface area contributed by atoms with E-state index in [1.54, 1.807) is 0 Å². The molecule has 0 aliphatic rings. The number of amides is 1. The highest BCUT2D eigenvalue weighted by Crippen LogP contribution is 2.20. The van der Waals surface area contributed by atoms with Crippen LogP contribution in [-0.4, -0.2) is 36.1 Å². The Balaban J connectivity index is 3.03. The van der Waals surface area contributed by atoms with Crippen LogP contribution in [0.25, 0.3) is 0 Å². The molecular formula is C12H10F4N2O5. The lowest BCUT2D eigenvalue weighted by molar-refractivity contribution is -0.387. The third kappa shape index (κ3) is 4.90. The number of hydrogen-bond donors (Lipinski definition) is 1. The number of nitrogens with one attached hydrogen (secondary N) is 1. The Labute approximate surface area is 126 Å². The van der Waals surface area contributed by atoms with Gasteiger partial charge >= 0.3 is 23.7 Å². The molecule has 0 aliphatic carbocycles. The second-order valence-electron chi connectivity index (χ2n) is 4.29. The summed E-state index contributed by atoms with van der Waals surface area (Å²) in [5.41, 5.74) is -0.941. The van der Waals surface area contributed by atoms with Gasteiger partial charge in [0, 0.05) is 12.5 Å². The van der Waals surface area contributed by atoms with Crippen molar-refractivity contribution in [1.82, 2.24) is 5.32 Å². The molecule has 0 spiro atoms. The maximum absolute atomic E-state index is 13.2. The molecule has 1 aromatic carbocycles. The second-order valence-corrected chi connectivity index (χ2v) is 4.29. The summed E-state index contributed by atoms with van der Waals surface area (Å²) in [6, 6.07) is 0.787. The Morgan fingerprint density at radius 1 is 1.39 bits per heavy atom. The van der Waals surface area contributed by atoms with Gasteiger partial charge in [0.25, 0.3) is 0 Å². The molecule has 1 unspecified atom stereocenters. The quantitative estimate of drug-likeness (QED) is 0.380. The van der Waals surface area contributed by atoms with Gasteiger partial charge in [-0.2, -0.15) is 17.6 Å². The molecular weight excluding hydrogens is 328 g/mol. The van der Waals surface area contributed by atoms with Crippen molar-refractivity contribution in [2.75, 3.05) is 7.11 Å². The van der Waals surface area contributed by atoms with Crippen LogP contribution in [0.15, 0.2) is 18.2 Å². The van der Waals surface area contributed by atoms with E-state index >= 15 is 0 Å². The topological polar surface area (TPSA) is 98.5 Å². The van der Waals surface area contributed by atoms with Crippen molar-refractivity contribution in [2.24, 2.45) is 0 Å². The second kappa shape index (κ2) is 7.03. The van der Waals surface area contributed by atoms with Gasteiger partial charge in [0.05, 0.1) is 12.0 Å². The molecule has 0 aromatic heterocycles. The monoisotopic (exact) mass is 338 g/mol. The van der Waals surface area contributed by atoms with Crippen LogP contribution < -0.4 is 5.32 Å². The zero-order valence-corrected chi connectivity index (χ0v) is 11.5. The van der Waals surface area contributed by atoms with Gasteiger partial charge in [-0.25, -0.2) is 4.79 Å². The molecule has 7 nitrogen and oxygen atoms in total. The fraction of sp³-hybridized carbons (Fsp3) is 0.333. The van der Waals surface area contributed by atoms with Gasteiger partial charge in [0.1, 0.15) is 6.04 Å². The van der Waals surface area contributed by atoms with Crippen molar-refractivity contribution in [3.63, 3.8) is 0 Å². The Kier molecular flexibility index (Phi) is 5.60. The number of esters is 1. The lowest BCUT2D eigenvalue weighted by Gasteiger charge is -2.17. The Morgan fingerprint density at radius 3 is 2.48 bits per heavy atom. The van der Waals surface area contributed by atoms with Crippen molar-refractivity contribution in [2.45, 2.75) is 18.6 Å². The number of hydrogen-bond acceptors (Lipinski definition) is 5. The van der Waals surface area contributed by atoms with Crippen LogP contribution in [0.5, 0.6) is 0 Å². The van der Waals surface area contributed by atoms with Gasteiger partial charge in [-0.1, -0.05) is 6.07 Å². The standard InChI is InChI=1S/C12H10F4N2O5/c1-23-10(19)8(17-11(20)12(14,15)16)4-6-2-3-7(13)9(5-6)18(21)22/h2-3,5,8H,4H2,1H3,(H,17,20). The molecule has 1 amide bonds. The van der Waals surface area contributed by atoms with Crippen LogP contribution in [0.3, 0.4) is 0 Å². The predicted octanol–water partition coefficient (Wildman–Crippen LogP) is 1.50. The molecule has 0 radical (unpaired) electrons. The Bertz CT molecular complexity index is 632. The van der Waals surface area contributed by atoms with Gasteiger partial charge in [0.15, 0.2) is 0 Å². The molecule has 0 saturated heterocycles. The van der Waals surface area contributed by atoms with Crippen molar-refractivity contribution < 1.29 is 36.8 Å². The molecule has 1 atom stereocenters. The first-order valence-corrected chi connectivity index (χ1v) is 5.94. The Morgan fingerprint density at radius 2 is 2.00 bits per heavy atom. The highest BCUT2D eigenvalue weighted by molar-refractivity contribution is 5.87. The van der Waals surface area contributed by atoms with E-state index in [9.17, 15) is 37.3 Å². The highest BCUT2D eigenvalue weighted by atomic mass is 19.4. The summed E-state index contributed by atoms with van der Waals surface area (Å²) in [5, 5.41) is 12.0. The van der Waals surface area contributed by atoms with Crippen LogP contribution in [0.2, 0.25) is 0 Å². The van der Waals surface area contributed by atoms with E-state index in [2.05, 4.69) is 4.74 Å². The van der Waals surface area contributed by atoms with Crippen LogP contribution in [-0.2, 0) is 20.7 Å².